The highest BCUT2D eigenvalue weighted by Crippen LogP contribution is 2.32. The predicted octanol–water partition coefficient (Wildman–Crippen LogP) is 0.735. The Balaban J connectivity index is 2.80. The fraction of sp³-hybridized carbons (Fsp3) is 0.857. The van der Waals surface area contributed by atoms with Gasteiger partial charge < -0.3 is 16.0 Å². The van der Waals surface area contributed by atoms with Gasteiger partial charge in [0.2, 0.25) is 11.8 Å². The highest BCUT2D eigenvalue weighted by molar-refractivity contribution is 5.85. The maximum absolute atomic E-state index is 12.6. The highest BCUT2D eigenvalue weighted by atomic mass is 16.2. The quantitative estimate of drug-likeness (QED) is 0.793. The Morgan fingerprint density at radius 1 is 1.26 bits per heavy atom. The minimum atomic E-state index is -0.641. The van der Waals surface area contributed by atoms with Crippen LogP contribution in [-0.2, 0) is 9.59 Å². The lowest BCUT2D eigenvalue weighted by atomic mass is 9.73. The van der Waals surface area contributed by atoms with Crippen molar-refractivity contribution >= 4 is 11.8 Å². The summed E-state index contributed by atoms with van der Waals surface area (Å²) in [6.45, 7) is 8.69. The number of hydrogen-bond acceptors (Lipinski definition) is 3. The van der Waals surface area contributed by atoms with Crippen LogP contribution >= 0.6 is 0 Å². The van der Waals surface area contributed by atoms with Gasteiger partial charge in [-0.3, -0.25) is 9.59 Å². The van der Waals surface area contributed by atoms with Crippen molar-refractivity contribution in [1.82, 2.24) is 10.2 Å². The van der Waals surface area contributed by atoms with Crippen LogP contribution in [0.2, 0.25) is 0 Å². The zero-order chi connectivity index (χ0) is 14.8. The Bertz CT molecular complexity index is 358. The number of nitrogens with zero attached hydrogens (tertiary/aromatic N) is 1. The van der Waals surface area contributed by atoms with Gasteiger partial charge in [0, 0.05) is 25.7 Å². The summed E-state index contributed by atoms with van der Waals surface area (Å²) in [5.41, 5.74) is 4.88. The lowest BCUT2D eigenvalue weighted by Gasteiger charge is -2.43. The first-order valence-corrected chi connectivity index (χ1v) is 6.91. The van der Waals surface area contributed by atoms with Crippen molar-refractivity contribution in [2.24, 2.45) is 17.1 Å². The summed E-state index contributed by atoms with van der Waals surface area (Å²) in [4.78, 5) is 26.1. The molecule has 5 heteroatoms. The average Bonchev–Trinajstić information content (AvgIpc) is 2.35. The van der Waals surface area contributed by atoms with Crippen molar-refractivity contribution in [1.29, 1.82) is 0 Å². The highest BCUT2D eigenvalue weighted by Gasteiger charge is 2.44. The fourth-order valence-corrected chi connectivity index (χ4v) is 2.25. The zero-order valence-electron chi connectivity index (χ0n) is 12.7. The maximum atomic E-state index is 12.6. The summed E-state index contributed by atoms with van der Waals surface area (Å²) in [6, 6.07) is 0. The minimum Gasteiger partial charge on any atom is -0.359 e. The molecule has 1 unspecified atom stereocenters. The lowest BCUT2D eigenvalue weighted by Crippen LogP contribution is -2.58. The van der Waals surface area contributed by atoms with Gasteiger partial charge >= 0.3 is 0 Å². The average molecular weight is 269 g/mol. The number of hydrogen-bond donors (Lipinski definition) is 2. The second-order valence-electron chi connectivity index (χ2n) is 6.55. The van der Waals surface area contributed by atoms with Crippen molar-refractivity contribution in [3.63, 3.8) is 0 Å². The molecule has 1 fully saturated rings. The van der Waals surface area contributed by atoms with E-state index in [2.05, 4.69) is 5.32 Å². The van der Waals surface area contributed by atoms with E-state index in [0.717, 1.165) is 12.8 Å². The standard InChI is InChI=1S/C14H27N3O2/c1-13(2,14(3,4)15)12(19)17-8-6-7-10(9-17)11(18)16-5/h10H,6-9,15H2,1-5H3,(H,16,18). The molecule has 1 aliphatic heterocycles. The Kier molecular flexibility index (Phi) is 4.61. The number of piperidine rings is 1. The molecule has 1 aliphatic rings. The Hall–Kier alpha value is -1.10. The van der Waals surface area contributed by atoms with Crippen molar-refractivity contribution in [3.8, 4) is 0 Å². The Labute approximate surface area is 115 Å². The van der Waals surface area contributed by atoms with Gasteiger partial charge in [-0.05, 0) is 40.5 Å². The molecule has 2 amide bonds. The van der Waals surface area contributed by atoms with E-state index in [1.54, 1.807) is 11.9 Å². The van der Waals surface area contributed by atoms with Crippen LogP contribution in [0.15, 0.2) is 0 Å². The monoisotopic (exact) mass is 269 g/mol. The van der Waals surface area contributed by atoms with Crippen LogP contribution in [0.4, 0.5) is 0 Å². The van der Waals surface area contributed by atoms with E-state index in [1.165, 1.54) is 0 Å². The fourth-order valence-electron chi connectivity index (χ4n) is 2.25. The number of likely N-dealkylation sites (tertiary alicyclic amines) is 1. The third-order valence-electron chi connectivity index (χ3n) is 4.47. The molecule has 0 aliphatic carbocycles. The summed E-state index contributed by atoms with van der Waals surface area (Å²) in [5.74, 6) is -0.0460. The molecule has 0 aromatic carbocycles. The second kappa shape index (κ2) is 5.49. The van der Waals surface area contributed by atoms with Crippen LogP contribution < -0.4 is 11.1 Å². The van der Waals surface area contributed by atoms with Crippen molar-refractivity contribution in [3.05, 3.63) is 0 Å². The molecule has 0 saturated carbocycles. The van der Waals surface area contributed by atoms with Gasteiger partial charge in [-0.15, -0.1) is 0 Å². The zero-order valence-corrected chi connectivity index (χ0v) is 12.7. The van der Waals surface area contributed by atoms with E-state index in [1.807, 2.05) is 27.7 Å². The maximum Gasteiger partial charge on any atom is 0.230 e. The minimum absolute atomic E-state index is 0.0160. The molecule has 3 N–H and O–H groups in total. The number of rotatable bonds is 3. The summed E-state index contributed by atoms with van der Waals surface area (Å²) in [6.07, 6.45) is 1.71. The van der Waals surface area contributed by atoms with Crippen molar-refractivity contribution < 1.29 is 9.59 Å². The van der Waals surface area contributed by atoms with E-state index < -0.39 is 11.0 Å². The molecule has 0 aromatic rings. The van der Waals surface area contributed by atoms with Gasteiger partial charge in [0.25, 0.3) is 0 Å². The number of nitrogens with two attached hydrogens (primary N) is 1. The second-order valence-corrected chi connectivity index (χ2v) is 6.55. The number of nitrogens with one attached hydrogen (secondary N) is 1. The first-order chi connectivity index (χ1) is 8.61. The molecule has 1 atom stereocenters. The van der Waals surface area contributed by atoms with E-state index in [0.29, 0.717) is 13.1 Å². The van der Waals surface area contributed by atoms with Gasteiger partial charge in [0.1, 0.15) is 0 Å². The van der Waals surface area contributed by atoms with Crippen LogP contribution in [0, 0.1) is 11.3 Å². The molecule has 0 bridgehead atoms. The van der Waals surface area contributed by atoms with E-state index in [-0.39, 0.29) is 17.7 Å². The summed E-state index contributed by atoms with van der Waals surface area (Å²) in [5, 5.41) is 2.66. The number of amides is 2. The Morgan fingerprint density at radius 3 is 2.32 bits per heavy atom. The largest absolute Gasteiger partial charge is 0.359 e. The van der Waals surface area contributed by atoms with E-state index in [4.69, 9.17) is 5.73 Å². The van der Waals surface area contributed by atoms with Crippen LogP contribution in [-0.4, -0.2) is 42.4 Å². The van der Waals surface area contributed by atoms with E-state index >= 15 is 0 Å². The molecular formula is C14H27N3O2. The molecule has 5 nitrogen and oxygen atoms in total. The molecule has 0 spiro atoms. The molecular weight excluding hydrogens is 242 g/mol. The van der Waals surface area contributed by atoms with Crippen LogP contribution in [0.5, 0.6) is 0 Å². The third kappa shape index (κ3) is 3.26. The summed E-state index contributed by atoms with van der Waals surface area (Å²) < 4.78 is 0. The van der Waals surface area contributed by atoms with Crippen molar-refractivity contribution in [2.75, 3.05) is 20.1 Å². The van der Waals surface area contributed by atoms with Crippen LogP contribution in [0.3, 0.4) is 0 Å². The van der Waals surface area contributed by atoms with Crippen LogP contribution in [0.1, 0.15) is 40.5 Å². The molecule has 0 radical (unpaired) electrons. The van der Waals surface area contributed by atoms with E-state index in [9.17, 15) is 9.59 Å². The van der Waals surface area contributed by atoms with Gasteiger partial charge in [-0.1, -0.05) is 0 Å². The number of carbonyl (C=O) groups excluding carboxylic acids is 2. The first-order valence-electron chi connectivity index (χ1n) is 6.91. The first kappa shape index (κ1) is 16.0. The topological polar surface area (TPSA) is 75.4 Å². The summed E-state index contributed by atoms with van der Waals surface area (Å²) in [7, 11) is 1.63. The van der Waals surface area contributed by atoms with Gasteiger partial charge in [-0.2, -0.15) is 0 Å². The summed E-state index contributed by atoms with van der Waals surface area (Å²) >= 11 is 0. The molecule has 1 heterocycles. The number of carbonyl (C=O) groups is 2. The SMILES string of the molecule is CNC(=O)C1CCCN(C(=O)C(C)(C)C(C)(C)N)C1. The lowest BCUT2D eigenvalue weighted by molar-refractivity contribution is -0.146. The van der Waals surface area contributed by atoms with Gasteiger partial charge in [0.15, 0.2) is 0 Å². The Morgan fingerprint density at radius 2 is 1.84 bits per heavy atom. The molecule has 110 valence electrons. The smallest absolute Gasteiger partial charge is 0.230 e. The van der Waals surface area contributed by atoms with Gasteiger partial charge in [-0.25, -0.2) is 0 Å². The third-order valence-corrected chi connectivity index (χ3v) is 4.47. The molecule has 0 aromatic heterocycles. The predicted molar refractivity (Wildman–Crippen MR) is 75.4 cm³/mol. The normalized spacial score (nSPS) is 21.2. The molecule has 1 rings (SSSR count). The molecule has 19 heavy (non-hydrogen) atoms. The molecule has 1 saturated heterocycles. The van der Waals surface area contributed by atoms with Crippen molar-refractivity contribution in [2.45, 2.75) is 46.1 Å². The van der Waals surface area contributed by atoms with Crippen LogP contribution in [0.25, 0.3) is 0 Å². The van der Waals surface area contributed by atoms with Gasteiger partial charge in [0.05, 0.1) is 11.3 Å².